The van der Waals surface area contributed by atoms with Crippen molar-refractivity contribution in [1.29, 1.82) is 0 Å². The van der Waals surface area contributed by atoms with E-state index < -0.39 is 7.27 Å². The summed E-state index contributed by atoms with van der Waals surface area (Å²) in [5, 5.41) is 0. The Balaban J connectivity index is -0.000000126. The molecule has 0 aliphatic carbocycles. The van der Waals surface area contributed by atoms with Gasteiger partial charge in [0, 0.05) is 25.4 Å². The summed E-state index contributed by atoms with van der Waals surface area (Å²) in [6, 6.07) is 0. The largest absolute Gasteiger partial charge is 1.00 e. The smallest absolute Gasteiger partial charge is 1.00 e. The SMILES string of the molecule is CB(F)F.CB(OC(C)C)OC(C)C.CB1OB(C)OB(C)O1.CCCCOB(C)OCCCC.[F-].[K+]. The van der Waals surface area contributed by atoms with Crippen LogP contribution in [0.25, 0.3) is 0 Å². The minimum atomic E-state index is -2.17. The Morgan fingerprint density at radius 2 is 0.946 bits per heavy atom. The van der Waals surface area contributed by atoms with Crippen molar-refractivity contribution in [2.45, 2.75) is 120 Å². The van der Waals surface area contributed by atoms with E-state index in [0.717, 1.165) is 32.9 Å². The number of halogens is 3. The molecule has 37 heavy (non-hydrogen) atoms. The van der Waals surface area contributed by atoms with Crippen LogP contribution in [0.5, 0.6) is 0 Å². The molecule has 0 unspecified atom stereocenters. The van der Waals surface area contributed by atoms with E-state index in [4.69, 9.17) is 32.3 Å². The maximum absolute atomic E-state index is 10.3. The quantitative estimate of drug-likeness (QED) is 0.248. The van der Waals surface area contributed by atoms with E-state index in [2.05, 4.69) is 13.8 Å². The van der Waals surface area contributed by atoms with E-state index in [0.29, 0.717) is 0 Å². The van der Waals surface area contributed by atoms with Gasteiger partial charge in [0.2, 0.25) is 0 Å². The van der Waals surface area contributed by atoms with Crippen molar-refractivity contribution >= 4 is 42.9 Å². The van der Waals surface area contributed by atoms with E-state index in [-0.39, 0.29) is 104 Å². The van der Waals surface area contributed by atoms with Gasteiger partial charge in [-0.05, 0) is 81.5 Å². The van der Waals surface area contributed by atoms with Crippen molar-refractivity contribution in [3.05, 3.63) is 0 Å². The molecule has 1 saturated heterocycles. The molecule has 0 atom stereocenters. The molecule has 0 aromatic heterocycles. The van der Waals surface area contributed by atoms with Gasteiger partial charge in [-0.2, -0.15) is 0 Å². The Morgan fingerprint density at radius 1 is 0.676 bits per heavy atom. The fourth-order valence-corrected chi connectivity index (χ4v) is 2.54. The van der Waals surface area contributed by atoms with Crippen LogP contribution >= 0.6 is 0 Å². The van der Waals surface area contributed by atoms with Crippen LogP contribution in [0.2, 0.25) is 40.9 Å². The predicted molar refractivity (Wildman–Crippen MR) is 149 cm³/mol. The summed E-state index contributed by atoms with van der Waals surface area (Å²) in [7, 11) is -2.68. The Morgan fingerprint density at radius 3 is 1.16 bits per heavy atom. The van der Waals surface area contributed by atoms with Gasteiger partial charge in [0.25, 0.3) is 0 Å². The average molecular weight is 564 g/mol. The summed E-state index contributed by atoms with van der Waals surface area (Å²) in [5.74, 6) is 0. The zero-order valence-electron chi connectivity index (χ0n) is 25.9. The molecule has 17 heteroatoms. The van der Waals surface area contributed by atoms with Gasteiger partial charge < -0.3 is 37.0 Å². The second-order valence-corrected chi connectivity index (χ2v) is 8.58. The minimum Gasteiger partial charge on any atom is -1.00 e. The second kappa shape index (κ2) is 33.7. The standard InChI is InChI=1S/C9H21BO2.C7H17BO2.C3H9B3O3.CH3BF2.FH.K/c1-4-6-8-11-10(3)12-9-7-5-2;1-6(2)9-8(5)10-7(3)4;1-4-7-5(2)9-6(3)8-4;1-2(3)4;;/h4-9H2,1-3H3;6-7H,1-5H3;1-3H3;1H3;1H;/q;;;;;+1/p-1. The maximum atomic E-state index is 10.3. The number of hydrogen-bond acceptors (Lipinski definition) is 7. The first-order valence-electron chi connectivity index (χ1n) is 13.0. The van der Waals surface area contributed by atoms with Gasteiger partial charge >= 0.3 is 94.2 Å². The second-order valence-electron chi connectivity index (χ2n) is 8.58. The van der Waals surface area contributed by atoms with Crippen molar-refractivity contribution in [3.63, 3.8) is 0 Å². The van der Waals surface area contributed by atoms with Gasteiger partial charge in [0.05, 0.1) is 0 Å². The third-order valence-electron chi connectivity index (χ3n) is 3.78. The molecule has 0 N–H and O–H groups in total. The van der Waals surface area contributed by atoms with Gasteiger partial charge in [0.15, 0.2) is 0 Å². The molecule has 0 radical (unpaired) electrons. The van der Waals surface area contributed by atoms with Crippen LogP contribution in [0.4, 0.5) is 8.63 Å². The molecule has 0 aromatic rings. The molecule has 212 valence electrons. The predicted octanol–water partition coefficient (Wildman–Crippen LogP) is 0.147. The first kappa shape index (κ1) is 48.3. The van der Waals surface area contributed by atoms with Gasteiger partial charge in [-0.3, -0.25) is 8.63 Å². The Labute approximate surface area is 271 Å². The van der Waals surface area contributed by atoms with Crippen LogP contribution in [0, 0.1) is 0 Å². The van der Waals surface area contributed by atoms with Crippen LogP contribution in [-0.4, -0.2) is 68.3 Å². The zero-order chi connectivity index (χ0) is 27.8. The number of hydrogen-bond donors (Lipinski definition) is 0. The molecule has 0 amide bonds. The zero-order valence-corrected chi connectivity index (χ0v) is 29.0. The van der Waals surface area contributed by atoms with E-state index in [1.165, 1.54) is 12.8 Å². The molecule has 0 bridgehead atoms. The third-order valence-corrected chi connectivity index (χ3v) is 3.78. The topological polar surface area (TPSA) is 64.6 Å². The Hall–Kier alpha value is 1.54. The molecule has 1 aliphatic rings. The van der Waals surface area contributed by atoms with E-state index in [1.54, 1.807) is 0 Å². The first-order chi connectivity index (χ1) is 16.2. The van der Waals surface area contributed by atoms with E-state index >= 15 is 0 Å². The third kappa shape index (κ3) is 47.7. The monoisotopic (exact) mass is 564 g/mol. The Kier molecular flexibility index (Phi) is 44.0. The minimum absolute atomic E-state index is 0. The van der Waals surface area contributed by atoms with Crippen LogP contribution in [0.15, 0.2) is 0 Å². The molecular formula is C20H50B6F3KO7. The normalized spacial score (nSPS) is 12.2. The summed E-state index contributed by atoms with van der Waals surface area (Å²) in [6.07, 6.45) is 5.11. The van der Waals surface area contributed by atoms with Gasteiger partial charge in [-0.1, -0.05) is 26.7 Å². The van der Waals surface area contributed by atoms with Gasteiger partial charge in [-0.15, -0.1) is 0 Å². The van der Waals surface area contributed by atoms with Crippen LogP contribution in [0.3, 0.4) is 0 Å². The number of rotatable bonds is 12. The van der Waals surface area contributed by atoms with Crippen LogP contribution < -0.4 is 56.1 Å². The summed E-state index contributed by atoms with van der Waals surface area (Å²) < 4.78 is 57.5. The molecule has 7 nitrogen and oxygen atoms in total. The fraction of sp³-hybridized carbons (Fsp3) is 1.00. The van der Waals surface area contributed by atoms with Gasteiger partial charge in [-0.25, -0.2) is 0 Å². The maximum Gasteiger partial charge on any atom is 1.00 e. The van der Waals surface area contributed by atoms with Crippen molar-refractivity contribution in [2.75, 3.05) is 13.2 Å². The fourth-order valence-electron chi connectivity index (χ4n) is 2.54. The average Bonchev–Trinajstić information content (AvgIpc) is 2.66. The molecule has 1 fully saturated rings. The van der Waals surface area contributed by atoms with E-state index in [1.807, 2.05) is 61.8 Å². The van der Waals surface area contributed by atoms with Crippen LogP contribution in [0.1, 0.15) is 67.2 Å². The van der Waals surface area contributed by atoms with Crippen molar-refractivity contribution in [3.8, 4) is 0 Å². The van der Waals surface area contributed by atoms with E-state index in [9.17, 15) is 8.63 Å². The Bertz CT molecular complexity index is 398. The summed E-state index contributed by atoms with van der Waals surface area (Å²) in [5.41, 5.74) is 0. The molecule has 1 heterocycles. The molecule has 1 aliphatic heterocycles. The molecule has 0 aromatic carbocycles. The molecule has 1 rings (SSSR count). The van der Waals surface area contributed by atoms with Crippen molar-refractivity contribution in [1.82, 2.24) is 0 Å². The van der Waals surface area contributed by atoms with Crippen molar-refractivity contribution in [2.24, 2.45) is 0 Å². The summed E-state index contributed by atoms with van der Waals surface area (Å²) in [6.45, 7) is 24.2. The van der Waals surface area contributed by atoms with Crippen LogP contribution in [-0.2, 0) is 32.3 Å². The summed E-state index contributed by atoms with van der Waals surface area (Å²) in [4.78, 5) is 0. The molecule has 0 saturated carbocycles. The molecular weight excluding hydrogens is 513 g/mol. The summed E-state index contributed by atoms with van der Waals surface area (Å²) >= 11 is 0. The first-order valence-corrected chi connectivity index (χ1v) is 13.0. The van der Waals surface area contributed by atoms with Crippen molar-refractivity contribution < 1.29 is 97.1 Å². The number of unbranched alkanes of at least 4 members (excludes halogenated alkanes) is 2. The van der Waals surface area contributed by atoms with Gasteiger partial charge in [0.1, 0.15) is 0 Å². The molecule has 0 spiro atoms.